The molecule has 1 amide bonds. The topological polar surface area (TPSA) is 87.7 Å². The van der Waals surface area contributed by atoms with E-state index in [-0.39, 0.29) is 11.7 Å². The first-order valence-electron chi connectivity index (χ1n) is 6.86. The number of oxime groups is 1. The molecule has 5 nitrogen and oxygen atoms in total. The summed E-state index contributed by atoms with van der Waals surface area (Å²) >= 11 is 0. The van der Waals surface area contributed by atoms with E-state index in [0.29, 0.717) is 12.1 Å². The molecule has 0 fully saturated rings. The molecule has 1 aromatic carbocycles. The van der Waals surface area contributed by atoms with E-state index in [0.717, 1.165) is 12.8 Å². The molecule has 0 saturated heterocycles. The van der Waals surface area contributed by atoms with Gasteiger partial charge in [0.25, 0.3) is 0 Å². The standard InChI is InChI=1S/C15H23N3O2/c1-4-6-11-7-9-12(10-8-11)17-14(19)15(3,5-2)13(16)18-20/h7-10,20H,4-6H2,1-3H3,(H2,16,18)(H,17,19). The van der Waals surface area contributed by atoms with E-state index in [9.17, 15) is 4.79 Å². The summed E-state index contributed by atoms with van der Waals surface area (Å²) in [6, 6.07) is 7.72. The minimum Gasteiger partial charge on any atom is -0.409 e. The van der Waals surface area contributed by atoms with E-state index in [4.69, 9.17) is 10.9 Å². The molecule has 0 bridgehead atoms. The molecule has 110 valence electrons. The zero-order valence-corrected chi connectivity index (χ0v) is 12.3. The Balaban J connectivity index is 2.84. The molecular formula is C15H23N3O2. The second kappa shape index (κ2) is 6.93. The number of amidine groups is 1. The summed E-state index contributed by atoms with van der Waals surface area (Å²) in [5.41, 5.74) is 6.55. The summed E-state index contributed by atoms with van der Waals surface area (Å²) in [5, 5.41) is 14.6. The predicted octanol–water partition coefficient (Wildman–Crippen LogP) is 2.74. The van der Waals surface area contributed by atoms with E-state index in [1.807, 2.05) is 31.2 Å². The third-order valence-electron chi connectivity index (χ3n) is 3.63. The monoisotopic (exact) mass is 277 g/mol. The van der Waals surface area contributed by atoms with Crippen LogP contribution in [0.25, 0.3) is 0 Å². The first-order valence-corrected chi connectivity index (χ1v) is 6.86. The number of carbonyl (C=O) groups is 1. The first-order chi connectivity index (χ1) is 9.47. The average Bonchev–Trinajstić information content (AvgIpc) is 2.47. The SMILES string of the molecule is CCCc1ccc(NC(=O)C(C)(CC)/C(N)=N/O)cc1. The summed E-state index contributed by atoms with van der Waals surface area (Å²) in [7, 11) is 0. The number of nitrogens with zero attached hydrogens (tertiary/aromatic N) is 1. The fourth-order valence-corrected chi connectivity index (χ4v) is 1.88. The molecule has 0 radical (unpaired) electrons. The van der Waals surface area contributed by atoms with Crippen molar-refractivity contribution in [1.82, 2.24) is 0 Å². The van der Waals surface area contributed by atoms with Gasteiger partial charge in [0.15, 0.2) is 5.84 Å². The van der Waals surface area contributed by atoms with Crippen molar-refractivity contribution in [2.24, 2.45) is 16.3 Å². The fraction of sp³-hybridized carbons (Fsp3) is 0.467. The Labute approximate surface area is 119 Å². The molecule has 0 saturated carbocycles. The van der Waals surface area contributed by atoms with Crippen LogP contribution in [0.2, 0.25) is 0 Å². The molecule has 0 aromatic heterocycles. The van der Waals surface area contributed by atoms with E-state index in [1.54, 1.807) is 6.92 Å². The lowest BCUT2D eigenvalue weighted by Gasteiger charge is -2.25. The summed E-state index contributed by atoms with van der Waals surface area (Å²) in [6.07, 6.45) is 2.55. The number of carbonyl (C=O) groups excluding carboxylic acids is 1. The summed E-state index contributed by atoms with van der Waals surface area (Å²) in [5.74, 6) is -0.362. The zero-order valence-electron chi connectivity index (χ0n) is 12.3. The normalized spacial score (nSPS) is 14.7. The Hall–Kier alpha value is -2.04. The lowest BCUT2D eigenvalue weighted by atomic mass is 9.85. The van der Waals surface area contributed by atoms with E-state index < -0.39 is 5.41 Å². The molecular weight excluding hydrogens is 254 g/mol. The van der Waals surface area contributed by atoms with Crippen LogP contribution in [-0.4, -0.2) is 17.0 Å². The van der Waals surface area contributed by atoms with Crippen molar-refractivity contribution in [2.45, 2.75) is 40.0 Å². The third-order valence-corrected chi connectivity index (χ3v) is 3.63. The van der Waals surface area contributed by atoms with Crippen LogP contribution in [0.4, 0.5) is 5.69 Å². The van der Waals surface area contributed by atoms with Gasteiger partial charge >= 0.3 is 0 Å². The lowest BCUT2D eigenvalue weighted by molar-refractivity contribution is -0.121. The number of nitrogens with two attached hydrogens (primary N) is 1. The zero-order chi connectivity index (χ0) is 15.2. The Morgan fingerprint density at radius 3 is 2.40 bits per heavy atom. The number of hydrogen-bond donors (Lipinski definition) is 3. The maximum Gasteiger partial charge on any atom is 0.238 e. The molecule has 5 heteroatoms. The highest BCUT2D eigenvalue weighted by molar-refractivity contribution is 6.11. The number of rotatable bonds is 6. The molecule has 0 aliphatic carbocycles. The van der Waals surface area contributed by atoms with Gasteiger partial charge in [-0.05, 0) is 37.5 Å². The van der Waals surface area contributed by atoms with Crippen molar-refractivity contribution >= 4 is 17.4 Å². The maximum atomic E-state index is 12.3. The maximum absolute atomic E-state index is 12.3. The molecule has 1 atom stereocenters. The summed E-state index contributed by atoms with van der Waals surface area (Å²) in [4.78, 5) is 12.3. The van der Waals surface area contributed by atoms with Crippen LogP contribution in [0.15, 0.2) is 29.4 Å². The molecule has 0 aliphatic rings. The van der Waals surface area contributed by atoms with Gasteiger partial charge in [-0.15, -0.1) is 0 Å². The van der Waals surface area contributed by atoms with Gasteiger partial charge in [-0.25, -0.2) is 0 Å². The molecule has 0 heterocycles. The summed E-state index contributed by atoms with van der Waals surface area (Å²) < 4.78 is 0. The Kier molecular flexibility index (Phi) is 5.55. The largest absolute Gasteiger partial charge is 0.409 e. The fourth-order valence-electron chi connectivity index (χ4n) is 1.88. The number of aryl methyl sites for hydroxylation is 1. The number of nitrogens with one attached hydrogen (secondary N) is 1. The van der Waals surface area contributed by atoms with Gasteiger partial charge in [0.1, 0.15) is 5.41 Å². The molecule has 1 unspecified atom stereocenters. The molecule has 1 aromatic rings. The van der Waals surface area contributed by atoms with Crippen molar-refractivity contribution in [3.8, 4) is 0 Å². The highest BCUT2D eigenvalue weighted by atomic mass is 16.4. The smallest absolute Gasteiger partial charge is 0.238 e. The third kappa shape index (κ3) is 3.50. The Morgan fingerprint density at radius 1 is 1.35 bits per heavy atom. The van der Waals surface area contributed by atoms with Gasteiger partial charge < -0.3 is 16.3 Å². The van der Waals surface area contributed by atoms with Crippen molar-refractivity contribution in [1.29, 1.82) is 0 Å². The van der Waals surface area contributed by atoms with Crippen molar-refractivity contribution < 1.29 is 10.0 Å². The van der Waals surface area contributed by atoms with Crippen LogP contribution in [0.3, 0.4) is 0 Å². The van der Waals surface area contributed by atoms with E-state index in [2.05, 4.69) is 17.4 Å². The molecule has 0 spiro atoms. The highest BCUT2D eigenvalue weighted by Gasteiger charge is 2.36. The van der Waals surface area contributed by atoms with E-state index in [1.165, 1.54) is 5.56 Å². The van der Waals surface area contributed by atoms with E-state index >= 15 is 0 Å². The van der Waals surface area contributed by atoms with Crippen LogP contribution in [0.5, 0.6) is 0 Å². The Morgan fingerprint density at radius 2 is 1.95 bits per heavy atom. The lowest BCUT2D eigenvalue weighted by Crippen LogP contribution is -2.44. The Bertz CT molecular complexity index is 482. The second-order valence-electron chi connectivity index (χ2n) is 5.07. The van der Waals surface area contributed by atoms with Crippen LogP contribution in [-0.2, 0) is 11.2 Å². The quantitative estimate of drug-likeness (QED) is 0.323. The molecule has 20 heavy (non-hydrogen) atoms. The first kappa shape index (κ1) is 16.0. The minimum absolute atomic E-state index is 0.0832. The van der Waals surface area contributed by atoms with Crippen molar-refractivity contribution in [2.75, 3.05) is 5.32 Å². The molecule has 1 rings (SSSR count). The van der Waals surface area contributed by atoms with Gasteiger partial charge in [0, 0.05) is 5.69 Å². The second-order valence-corrected chi connectivity index (χ2v) is 5.07. The average molecular weight is 277 g/mol. The van der Waals surface area contributed by atoms with Gasteiger partial charge in [0.2, 0.25) is 5.91 Å². The minimum atomic E-state index is -1.02. The number of amides is 1. The van der Waals surface area contributed by atoms with Crippen molar-refractivity contribution in [3.05, 3.63) is 29.8 Å². The van der Waals surface area contributed by atoms with Gasteiger partial charge in [-0.3, -0.25) is 4.79 Å². The number of benzene rings is 1. The van der Waals surface area contributed by atoms with Crippen LogP contribution < -0.4 is 11.1 Å². The summed E-state index contributed by atoms with van der Waals surface area (Å²) in [6.45, 7) is 5.60. The van der Waals surface area contributed by atoms with Gasteiger partial charge in [0.05, 0.1) is 0 Å². The highest BCUT2D eigenvalue weighted by Crippen LogP contribution is 2.24. The number of anilines is 1. The van der Waals surface area contributed by atoms with Gasteiger partial charge in [-0.2, -0.15) is 0 Å². The van der Waals surface area contributed by atoms with Gasteiger partial charge in [-0.1, -0.05) is 37.6 Å². The van der Waals surface area contributed by atoms with Crippen LogP contribution in [0, 0.1) is 5.41 Å². The van der Waals surface area contributed by atoms with Crippen LogP contribution >= 0.6 is 0 Å². The predicted molar refractivity (Wildman–Crippen MR) is 80.9 cm³/mol. The number of hydrogen-bond acceptors (Lipinski definition) is 3. The van der Waals surface area contributed by atoms with Crippen LogP contribution in [0.1, 0.15) is 39.2 Å². The van der Waals surface area contributed by atoms with Crippen molar-refractivity contribution in [3.63, 3.8) is 0 Å². The molecule has 0 aliphatic heterocycles. The molecule has 4 N–H and O–H groups in total.